The van der Waals surface area contributed by atoms with Gasteiger partial charge < -0.3 is 0 Å². The third-order valence-electron chi connectivity index (χ3n) is 3.56. The summed E-state index contributed by atoms with van der Waals surface area (Å²) in [5, 5.41) is 10.7. The Labute approximate surface area is 126 Å². The van der Waals surface area contributed by atoms with Crippen molar-refractivity contribution in [2.45, 2.75) is 42.9 Å². The third kappa shape index (κ3) is 3.30. The lowest BCUT2D eigenvalue weighted by Gasteiger charge is -2.19. The minimum absolute atomic E-state index is 0.112. The number of nitrogens with one attached hydrogen (secondary N) is 1. The van der Waals surface area contributed by atoms with E-state index in [0.29, 0.717) is 17.3 Å². The fraction of sp³-hybridized carbons (Fsp3) is 0.636. The summed E-state index contributed by atoms with van der Waals surface area (Å²) in [6, 6.07) is 0.832. The Kier molecular flexibility index (Phi) is 4.68. The summed E-state index contributed by atoms with van der Waals surface area (Å²) in [4.78, 5) is 10.0. The largest absolute Gasteiger partial charge is 0.300 e. The Morgan fingerprint density at radius 2 is 2.10 bits per heavy atom. The Morgan fingerprint density at radius 1 is 1.50 bits per heavy atom. The molecule has 9 heteroatoms. The maximum Gasteiger partial charge on any atom is 0.300 e. The summed E-state index contributed by atoms with van der Waals surface area (Å²) in [5.41, 5.74) is -0.370. The first-order valence-corrected chi connectivity index (χ1v) is 8.95. The van der Waals surface area contributed by atoms with Crippen molar-refractivity contribution in [3.63, 3.8) is 0 Å². The fourth-order valence-electron chi connectivity index (χ4n) is 2.45. The van der Waals surface area contributed by atoms with Crippen molar-refractivity contribution >= 4 is 38.6 Å². The second kappa shape index (κ2) is 5.97. The van der Waals surface area contributed by atoms with Crippen molar-refractivity contribution in [3.8, 4) is 0 Å². The molecule has 20 heavy (non-hydrogen) atoms. The van der Waals surface area contributed by atoms with E-state index in [-0.39, 0.29) is 20.3 Å². The molecule has 1 unspecified atom stereocenters. The van der Waals surface area contributed by atoms with E-state index < -0.39 is 14.9 Å². The highest BCUT2D eigenvalue weighted by molar-refractivity contribution is 7.91. The topological polar surface area (TPSA) is 89.3 Å². The highest BCUT2D eigenvalue weighted by Crippen LogP contribution is 2.36. The van der Waals surface area contributed by atoms with Gasteiger partial charge in [0.15, 0.2) is 4.34 Å². The Bertz CT molecular complexity index is 608. The summed E-state index contributed by atoms with van der Waals surface area (Å²) in [5.74, 6) is 0.329. The molecule has 0 saturated heterocycles. The van der Waals surface area contributed by atoms with Crippen molar-refractivity contribution in [2.75, 3.05) is 0 Å². The number of thiophene rings is 1. The molecule has 1 aromatic heterocycles. The lowest BCUT2D eigenvalue weighted by atomic mass is 10.0. The van der Waals surface area contributed by atoms with Crippen molar-refractivity contribution in [2.24, 2.45) is 5.92 Å². The van der Waals surface area contributed by atoms with Crippen molar-refractivity contribution in [3.05, 3.63) is 20.5 Å². The van der Waals surface area contributed by atoms with Crippen LogP contribution in [0.3, 0.4) is 0 Å². The Morgan fingerprint density at radius 3 is 2.60 bits per heavy atom. The molecule has 1 aliphatic carbocycles. The highest BCUT2D eigenvalue weighted by Gasteiger charge is 2.29. The summed E-state index contributed by atoms with van der Waals surface area (Å²) < 4.78 is 26.8. The fourth-order valence-corrected chi connectivity index (χ4v) is 5.45. The van der Waals surface area contributed by atoms with Gasteiger partial charge in [-0.25, -0.2) is 13.1 Å². The van der Waals surface area contributed by atoms with Gasteiger partial charge in [0.05, 0.1) is 4.92 Å². The molecule has 0 aromatic carbocycles. The van der Waals surface area contributed by atoms with Gasteiger partial charge in [0.2, 0.25) is 0 Å². The molecule has 6 nitrogen and oxygen atoms in total. The van der Waals surface area contributed by atoms with E-state index in [4.69, 9.17) is 11.6 Å². The second-order valence-corrected chi connectivity index (χ2v) is 8.53. The van der Waals surface area contributed by atoms with Crippen molar-refractivity contribution in [1.29, 1.82) is 0 Å². The Hall–Kier alpha value is -0.700. The molecule has 1 heterocycles. The van der Waals surface area contributed by atoms with E-state index in [2.05, 4.69) is 4.72 Å². The molecule has 0 bridgehead atoms. The van der Waals surface area contributed by atoms with Crippen LogP contribution in [0.2, 0.25) is 4.34 Å². The van der Waals surface area contributed by atoms with E-state index in [9.17, 15) is 18.5 Å². The molecule has 0 radical (unpaired) electrons. The third-order valence-corrected chi connectivity index (χ3v) is 6.93. The average Bonchev–Trinajstić information content (AvgIpc) is 2.96. The van der Waals surface area contributed by atoms with Crippen LogP contribution in [0.25, 0.3) is 0 Å². The predicted molar refractivity (Wildman–Crippen MR) is 77.7 cm³/mol. The van der Waals surface area contributed by atoms with Gasteiger partial charge in [-0.2, -0.15) is 0 Å². The van der Waals surface area contributed by atoms with Crippen molar-refractivity contribution < 1.29 is 13.3 Å². The zero-order chi connectivity index (χ0) is 14.9. The zero-order valence-corrected chi connectivity index (χ0v) is 13.2. The monoisotopic (exact) mass is 338 g/mol. The SMILES string of the molecule is CC(NS(=O)(=O)c1cc([N+](=O)[O-])c(Cl)s1)C1CCCC1. The molecule has 0 spiro atoms. The quantitative estimate of drug-likeness (QED) is 0.659. The molecule has 1 saturated carbocycles. The van der Waals surface area contributed by atoms with E-state index in [0.717, 1.165) is 31.7 Å². The minimum atomic E-state index is -3.75. The van der Waals surface area contributed by atoms with Crippen LogP contribution >= 0.6 is 22.9 Å². The van der Waals surface area contributed by atoms with E-state index in [1.165, 1.54) is 0 Å². The number of halogens is 1. The smallest absolute Gasteiger partial charge is 0.258 e. The molecular weight excluding hydrogens is 324 g/mol. The first-order valence-electron chi connectivity index (χ1n) is 6.27. The second-order valence-electron chi connectivity index (χ2n) is 4.94. The molecule has 1 fully saturated rings. The zero-order valence-electron chi connectivity index (χ0n) is 10.8. The summed E-state index contributed by atoms with van der Waals surface area (Å²) in [6.07, 6.45) is 4.25. The number of nitrogens with zero attached hydrogens (tertiary/aromatic N) is 1. The normalized spacial score (nSPS) is 18.3. The highest BCUT2D eigenvalue weighted by atomic mass is 35.5. The molecular formula is C11H15ClN2O4S2. The van der Waals surface area contributed by atoms with Crippen molar-refractivity contribution in [1.82, 2.24) is 4.72 Å². The lowest BCUT2D eigenvalue weighted by Crippen LogP contribution is -2.36. The maximum atomic E-state index is 12.2. The molecule has 1 N–H and O–H groups in total. The van der Waals surface area contributed by atoms with Gasteiger partial charge in [-0.1, -0.05) is 24.4 Å². The first-order chi connectivity index (χ1) is 9.31. The van der Waals surface area contributed by atoms with Crippen LogP contribution in [0.1, 0.15) is 32.6 Å². The van der Waals surface area contributed by atoms with Crippen LogP contribution in [0.5, 0.6) is 0 Å². The van der Waals surface area contributed by atoms with Gasteiger partial charge in [0, 0.05) is 12.1 Å². The summed E-state index contributed by atoms with van der Waals surface area (Å²) in [7, 11) is -3.75. The van der Waals surface area contributed by atoms with Gasteiger partial charge in [-0.05, 0) is 25.7 Å². The first kappa shape index (κ1) is 15.7. The number of nitro groups is 1. The van der Waals surface area contributed by atoms with Gasteiger partial charge in [0.25, 0.3) is 15.7 Å². The van der Waals surface area contributed by atoms with E-state index in [1.807, 2.05) is 6.92 Å². The molecule has 2 rings (SSSR count). The van der Waals surface area contributed by atoms with Crippen LogP contribution in [-0.2, 0) is 10.0 Å². The number of sulfonamides is 1. The van der Waals surface area contributed by atoms with E-state index in [1.54, 1.807) is 0 Å². The summed E-state index contributed by atoms with van der Waals surface area (Å²) in [6.45, 7) is 1.83. The number of hydrogen-bond acceptors (Lipinski definition) is 5. The van der Waals surface area contributed by atoms with Crippen LogP contribution in [0.4, 0.5) is 5.69 Å². The maximum absolute atomic E-state index is 12.2. The van der Waals surface area contributed by atoms with Crippen LogP contribution < -0.4 is 4.72 Å². The molecule has 0 amide bonds. The van der Waals surface area contributed by atoms with E-state index >= 15 is 0 Å². The molecule has 0 aliphatic heterocycles. The lowest BCUT2D eigenvalue weighted by molar-refractivity contribution is -0.384. The number of hydrogen-bond donors (Lipinski definition) is 1. The molecule has 1 aliphatic rings. The van der Waals surface area contributed by atoms with Gasteiger partial charge in [-0.15, -0.1) is 11.3 Å². The molecule has 112 valence electrons. The standard InChI is InChI=1S/C11H15ClN2O4S2/c1-7(8-4-2-3-5-8)13-20(17,18)10-6-9(14(15)16)11(12)19-10/h6-8,13H,2-5H2,1H3. The predicted octanol–water partition coefficient (Wildman–Crippen LogP) is 3.17. The Balaban J connectivity index is 2.17. The van der Waals surface area contributed by atoms with Crippen LogP contribution in [0.15, 0.2) is 10.3 Å². The minimum Gasteiger partial charge on any atom is -0.258 e. The van der Waals surface area contributed by atoms with Crippen LogP contribution in [0, 0.1) is 16.0 Å². The number of rotatable bonds is 5. The van der Waals surface area contributed by atoms with Gasteiger partial charge in [-0.3, -0.25) is 10.1 Å². The summed E-state index contributed by atoms with van der Waals surface area (Å²) >= 11 is 6.40. The van der Waals surface area contributed by atoms with Gasteiger partial charge in [0.1, 0.15) is 4.21 Å². The van der Waals surface area contributed by atoms with Gasteiger partial charge >= 0.3 is 0 Å². The molecule has 1 atom stereocenters. The molecule has 1 aromatic rings. The van der Waals surface area contributed by atoms with Crippen LogP contribution in [-0.4, -0.2) is 19.4 Å². The average molecular weight is 339 g/mol.